The number of rotatable bonds is 1. The van der Waals surface area contributed by atoms with Crippen molar-refractivity contribution >= 4 is 21.7 Å². The van der Waals surface area contributed by atoms with E-state index in [0.717, 1.165) is 5.56 Å². The van der Waals surface area contributed by atoms with Crippen LogP contribution in [-0.4, -0.2) is 26.0 Å². The predicted octanol–water partition coefficient (Wildman–Crippen LogP) is 0.381. The second-order valence-corrected chi connectivity index (χ2v) is 6.68. The summed E-state index contributed by atoms with van der Waals surface area (Å²) < 4.78 is 24.0. The largest absolute Gasteiger partial charge is 0.370 e. The van der Waals surface area contributed by atoms with Gasteiger partial charge in [0.15, 0.2) is 15.8 Å². The van der Waals surface area contributed by atoms with Crippen molar-refractivity contribution in [2.24, 2.45) is 16.5 Å². The van der Waals surface area contributed by atoms with Crippen LogP contribution in [-0.2, 0) is 9.84 Å². The van der Waals surface area contributed by atoms with E-state index < -0.39 is 15.7 Å². The highest BCUT2D eigenvalue weighted by Crippen LogP contribution is 2.33. The van der Waals surface area contributed by atoms with Crippen LogP contribution >= 0.6 is 0 Å². The zero-order chi connectivity index (χ0) is 14.2. The standard InChI is InChI=1S/C12H15N3O3S/c1-7-4-5-19(17,18)10-6-8(2-3-9(7)10)11(16)15-12(13)14/h2-3,6-7H,4-5H2,1H3,(H4,13,14,15,16). The van der Waals surface area contributed by atoms with Gasteiger partial charge in [0.2, 0.25) is 0 Å². The smallest absolute Gasteiger partial charge is 0.280 e. The summed E-state index contributed by atoms with van der Waals surface area (Å²) in [5.74, 6) is -0.734. The Labute approximate surface area is 111 Å². The third kappa shape index (κ3) is 2.60. The van der Waals surface area contributed by atoms with Gasteiger partial charge in [0.05, 0.1) is 10.6 Å². The van der Waals surface area contributed by atoms with Gasteiger partial charge in [-0.2, -0.15) is 4.99 Å². The Balaban J connectivity index is 2.54. The minimum atomic E-state index is -3.32. The minimum Gasteiger partial charge on any atom is -0.370 e. The van der Waals surface area contributed by atoms with Crippen LogP contribution < -0.4 is 11.5 Å². The van der Waals surface area contributed by atoms with Crippen LogP contribution in [0.4, 0.5) is 0 Å². The number of carbonyl (C=O) groups is 1. The fourth-order valence-electron chi connectivity index (χ4n) is 2.12. The first kappa shape index (κ1) is 13.5. The molecule has 0 radical (unpaired) electrons. The molecule has 1 aromatic carbocycles. The number of carbonyl (C=O) groups excluding carboxylic acids is 1. The van der Waals surface area contributed by atoms with Crippen molar-refractivity contribution in [2.45, 2.75) is 24.2 Å². The highest BCUT2D eigenvalue weighted by atomic mass is 32.2. The number of fused-ring (bicyclic) bond motifs is 1. The topological polar surface area (TPSA) is 116 Å². The van der Waals surface area contributed by atoms with Crippen molar-refractivity contribution in [1.29, 1.82) is 0 Å². The van der Waals surface area contributed by atoms with Crippen LogP contribution in [0, 0.1) is 0 Å². The lowest BCUT2D eigenvalue weighted by molar-refractivity contribution is 0.100. The molecular formula is C12H15N3O3S. The Bertz CT molecular complexity index is 661. The number of hydrogen-bond donors (Lipinski definition) is 2. The quantitative estimate of drug-likeness (QED) is 0.570. The molecule has 1 unspecified atom stereocenters. The second-order valence-electron chi connectivity index (χ2n) is 4.60. The van der Waals surface area contributed by atoms with Gasteiger partial charge in [-0.15, -0.1) is 0 Å². The van der Waals surface area contributed by atoms with E-state index in [9.17, 15) is 13.2 Å². The second kappa shape index (κ2) is 4.65. The van der Waals surface area contributed by atoms with E-state index in [1.807, 2.05) is 6.92 Å². The SMILES string of the molecule is CC1CCS(=O)(=O)c2cc(C(=O)N=C(N)N)ccc21. The number of aliphatic imine (C=N–C) groups is 1. The molecular weight excluding hydrogens is 266 g/mol. The molecule has 102 valence electrons. The number of amides is 1. The molecule has 2 rings (SSSR count). The first-order valence-corrected chi connectivity index (χ1v) is 7.47. The average molecular weight is 281 g/mol. The van der Waals surface area contributed by atoms with Gasteiger partial charge >= 0.3 is 0 Å². The Morgan fingerprint density at radius 3 is 2.68 bits per heavy atom. The molecule has 1 aliphatic rings. The lowest BCUT2D eigenvalue weighted by Crippen LogP contribution is -2.24. The number of nitrogens with zero attached hydrogens (tertiary/aromatic N) is 1. The van der Waals surface area contributed by atoms with Crippen molar-refractivity contribution in [3.05, 3.63) is 29.3 Å². The lowest BCUT2D eigenvalue weighted by atomic mass is 9.97. The fourth-order valence-corrected chi connectivity index (χ4v) is 3.94. The van der Waals surface area contributed by atoms with E-state index in [2.05, 4.69) is 4.99 Å². The van der Waals surface area contributed by atoms with Crippen molar-refractivity contribution in [2.75, 3.05) is 5.75 Å². The van der Waals surface area contributed by atoms with E-state index in [1.54, 1.807) is 12.1 Å². The number of guanidine groups is 1. The van der Waals surface area contributed by atoms with Gasteiger partial charge in [0, 0.05) is 5.56 Å². The fraction of sp³-hybridized carbons (Fsp3) is 0.333. The van der Waals surface area contributed by atoms with Crippen molar-refractivity contribution in [3.8, 4) is 0 Å². The van der Waals surface area contributed by atoms with E-state index in [4.69, 9.17) is 11.5 Å². The molecule has 1 heterocycles. The Kier molecular flexibility index (Phi) is 3.32. The zero-order valence-electron chi connectivity index (χ0n) is 10.5. The highest BCUT2D eigenvalue weighted by Gasteiger charge is 2.28. The predicted molar refractivity (Wildman–Crippen MR) is 71.7 cm³/mol. The summed E-state index contributed by atoms with van der Waals surface area (Å²) in [6, 6.07) is 4.56. The van der Waals surface area contributed by atoms with E-state index in [0.29, 0.717) is 6.42 Å². The van der Waals surface area contributed by atoms with Crippen LogP contribution in [0.25, 0.3) is 0 Å². The molecule has 6 nitrogen and oxygen atoms in total. The summed E-state index contributed by atoms with van der Waals surface area (Å²) in [4.78, 5) is 15.3. The molecule has 1 aliphatic heterocycles. The first-order valence-electron chi connectivity index (χ1n) is 5.82. The van der Waals surface area contributed by atoms with Gasteiger partial charge < -0.3 is 11.5 Å². The average Bonchev–Trinajstić information content (AvgIpc) is 2.33. The third-order valence-corrected chi connectivity index (χ3v) is 4.97. The Morgan fingerprint density at radius 1 is 1.37 bits per heavy atom. The van der Waals surface area contributed by atoms with Gasteiger partial charge in [-0.1, -0.05) is 13.0 Å². The molecule has 0 fully saturated rings. The van der Waals surface area contributed by atoms with Crippen LogP contribution in [0.3, 0.4) is 0 Å². The maximum Gasteiger partial charge on any atom is 0.280 e. The lowest BCUT2D eigenvalue weighted by Gasteiger charge is -2.22. The number of benzene rings is 1. The molecule has 0 saturated heterocycles. The normalized spacial score (nSPS) is 20.4. The monoisotopic (exact) mass is 281 g/mol. The molecule has 1 atom stereocenters. The zero-order valence-corrected chi connectivity index (χ0v) is 11.3. The summed E-state index contributed by atoms with van der Waals surface area (Å²) in [7, 11) is -3.32. The number of hydrogen-bond acceptors (Lipinski definition) is 3. The molecule has 4 N–H and O–H groups in total. The molecule has 1 amide bonds. The van der Waals surface area contributed by atoms with Gasteiger partial charge in [-0.3, -0.25) is 4.79 Å². The van der Waals surface area contributed by atoms with Gasteiger partial charge in [-0.05, 0) is 30.0 Å². The van der Waals surface area contributed by atoms with E-state index in [-0.39, 0.29) is 28.1 Å². The summed E-state index contributed by atoms with van der Waals surface area (Å²) in [5, 5.41) is 0. The number of sulfone groups is 1. The van der Waals surface area contributed by atoms with E-state index in [1.165, 1.54) is 6.07 Å². The molecule has 0 spiro atoms. The van der Waals surface area contributed by atoms with Crippen LogP contribution in [0.15, 0.2) is 28.1 Å². The molecule has 0 saturated carbocycles. The summed E-state index contributed by atoms with van der Waals surface area (Å²) in [6.07, 6.45) is 0.594. The van der Waals surface area contributed by atoms with Crippen LogP contribution in [0.2, 0.25) is 0 Å². The first-order chi connectivity index (χ1) is 8.81. The Hall–Kier alpha value is -1.89. The number of nitrogens with two attached hydrogens (primary N) is 2. The summed E-state index contributed by atoms with van der Waals surface area (Å²) >= 11 is 0. The highest BCUT2D eigenvalue weighted by molar-refractivity contribution is 7.91. The van der Waals surface area contributed by atoms with Crippen LogP contribution in [0.5, 0.6) is 0 Å². The Morgan fingerprint density at radius 2 is 2.05 bits per heavy atom. The van der Waals surface area contributed by atoms with Crippen LogP contribution in [0.1, 0.15) is 35.2 Å². The van der Waals surface area contributed by atoms with Crippen molar-refractivity contribution in [1.82, 2.24) is 0 Å². The third-order valence-electron chi connectivity index (χ3n) is 3.18. The molecule has 1 aromatic rings. The van der Waals surface area contributed by atoms with Crippen molar-refractivity contribution in [3.63, 3.8) is 0 Å². The molecule has 0 bridgehead atoms. The molecule has 0 aromatic heterocycles. The molecule has 0 aliphatic carbocycles. The van der Waals surface area contributed by atoms with Crippen molar-refractivity contribution < 1.29 is 13.2 Å². The maximum absolute atomic E-state index is 12.0. The van der Waals surface area contributed by atoms with E-state index >= 15 is 0 Å². The van der Waals surface area contributed by atoms with Gasteiger partial charge in [0.1, 0.15) is 0 Å². The minimum absolute atomic E-state index is 0.0983. The van der Waals surface area contributed by atoms with Gasteiger partial charge in [-0.25, -0.2) is 8.42 Å². The molecule has 19 heavy (non-hydrogen) atoms. The van der Waals surface area contributed by atoms with Gasteiger partial charge in [0.25, 0.3) is 5.91 Å². The summed E-state index contributed by atoms with van der Waals surface area (Å²) in [5.41, 5.74) is 11.2. The molecule has 7 heteroatoms. The maximum atomic E-state index is 12.0. The summed E-state index contributed by atoms with van der Waals surface area (Å²) in [6.45, 7) is 1.96.